The lowest BCUT2D eigenvalue weighted by molar-refractivity contribution is -0.114. The number of nitrogens with one attached hydrogen (secondary N) is 2. The van der Waals surface area contributed by atoms with Crippen molar-refractivity contribution in [1.82, 2.24) is 10.6 Å². The molecule has 3 N–H and O–H groups in total. The Labute approximate surface area is 141 Å². The van der Waals surface area contributed by atoms with Crippen LogP contribution in [0.3, 0.4) is 0 Å². The highest BCUT2D eigenvalue weighted by Gasteiger charge is 2.43. The molecular weight excluding hydrogens is 323 g/mol. The number of carbonyl (C=O) groups is 1. The van der Waals surface area contributed by atoms with Crippen LogP contribution in [0.1, 0.15) is 36.0 Å². The highest BCUT2D eigenvalue weighted by atomic mass is 35.5. The first kappa shape index (κ1) is 18.0. The number of ether oxygens (including phenoxy) is 1. The Balaban J connectivity index is 0.00000192. The SMILES string of the molecule is Cl.O=C(NC1CCCOC12CCNCC2)c1cccc(F)c1O. The molecule has 0 saturated carbocycles. The molecular formula is C16H22ClFN2O3. The van der Waals surface area contributed by atoms with Crippen LogP contribution in [0.25, 0.3) is 0 Å². The quantitative estimate of drug-likeness (QED) is 0.767. The van der Waals surface area contributed by atoms with Crippen molar-refractivity contribution in [3.63, 3.8) is 0 Å². The van der Waals surface area contributed by atoms with Gasteiger partial charge >= 0.3 is 0 Å². The molecule has 2 fully saturated rings. The number of hydrogen-bond donors (Lipinski definition) is 3. The molecule has 0 bridgehead atoms. The number of carbonyl (C=O) groups excluding carboxylic acids is 1. The number of piperidine rings is 1. The molecule has 1 aromatic rings. The summed E-state index contributed by atoms with van der Waals surface area (Å²) in [6.07, 6.45) is 3.40. The molecule has 5 nitrogen and oxygen atoms in total. The van der Waals surface area contributed by atoms with Gasteiger partial charge in [-0.05, 0) is 50.9 Å². The second-order valence-corrected chi connectivity index (χ2v) is 5.97. The summed E-state index contributed by atoms with van der Waals surface area (Å²) in [5, 5.41) is 16.0. The van der Waals surface area contributed by atoms with Crippen LogP contribution < -0.4 is 10.6 Å². The third kappa shape index (κ3) is 3.59. The van der Waals surface area contributed by atoms with Gasteiger partial charge in [0.1, 0.15) is 0 Å². The Morgan fingerprint density at radius 2 is 2.13 bits per heavy atom. The Kier molecular flexibility index (Phi) is 5.84. The summed E-state index contributed by atoms with van der Waals surface area (Å²) < 4.78 is 19.4. The summed E-state index contributed by atoms with van der Waals surface area (Å²) in [6.45, 7) is 2.42. The van der Waals surface area contributed by atoms with Gasteiger partial charge in [0.2, 0.25) is 0 Å². The summed E-state index contributed by atoms with van der Waals surface area (Å²) in [7, 11) is 0. The Bertz CT molecular complexity index is 556. The monoisotopic (exact) mass is 344 g/mol. The van der Waals surface area contributed by atoms with E-state index in [1.807, 2.05) is 0 Å². The highest BCUT2D eigenvalue weighted by molar-refractivity contribution is 5.97. The van der Waals surface area contributed by atoms with Gasteiger partial charge in [-0.25, -0.2) is 4.39 Å². The van der Waals surface area contributed by atoms with Crippen LogP contribution in [0.15, 0.2) is 18.2 Å². The van der Waals surface area contributed by atoms with Crippen LogP contribution in [0.4, 0.5) is 4.39 Å². The average Bonchev–Trinajstić information content (AvgIpc) is 2.53. The standard InChI is InChI=1S/C16H21FN2O3.ClH/c17-12-4-1-3-11(14(12)20)15(21)19-13-5-2-10-22-16(13)6-8-18-9-7-16;/h1,3-4,13,18,20H,2,5-10H2,(H,19,21);1H. The van der Waals surface area contributed by atoms with Crippen LogP contribution in [-0.2, 0) is 4.74 Å². The molecule has 0 aliphatic carbocycles. The first-order valence-corrected chi connectivity index (χ1v) is 7.75. The van der Waals surface area contributed by atoms with E-state index in [0.29, 0.717) is 6.61 Å². The molecule has 2 aliphatic heterocycles. The minimum absolute atomic E-state index is 0. The molecule has 0 radical (unpaired) electrons. The molecule has 23 heavy (non-hydrogen) atoms. The van der Waals surface area contributed by atoms with Crippen molar-refractivity contribution in [2.24, 2.45) is 0 Å². The van der Waals surface area contributed by atoms with Gasteiger partial charge in [0.15, 0.2) is 11.6 Å². The number of halogens is 2. The highest BCUT2D eigenvalue weighted by Crippen LogP contribution is 2.34. The zero-order chi connectivity index (χ0) is 15.6. The summed E-state index contributed by atoms with van der Waals surface area (Å²) >= 11 is 0. The molecule has 3 rings (SSSR count). The van der Waals surface area contributed by atoms with Crippen LogP contribution in [0, 0.1) is 5.82 Å². The molecule has 0 aromatic heterocycles. The zero-order valence-electron chi connectivity index (χ0n) is 12.8. The van der Waals surface area contributed by atoms with Gasteiger partial charge < -0.3 is 20.5 Å². The number of aromatic hydroxyl groups is 1. The summed E-state index contributed by atoms with van der Waals surface area (Å²) in [6, 6.07) is 3.86. The number of para-hydroxylation sites is 1. The van der Waals surface area contributed by atoms with Gasteiger partial charge in [-0.2, -0.15) is 0 Å². The van der Waals surface area contributed by atoms with Crippen molar-refractivity contribution in [1.29, 1.82) is 0 Å². The number of phenolic OH excluding ortho intramolecular Hbond substituents is 1. The predicted octanol–water partition coefficient (Wildman–Crippen LogP) is 1.98. The maximum Gasteiger partial charge on any atom is 0.255 e. The van der Waals surface area contributed by atoms with E-state index in [4.69, 9.17) is 4.74 Å². The van der Waals surface area contributed by atoms with Gasteiger partial charge in [-0.15, -0.1) is 12.4 Å². The molecule has 1 spiro atoms. The second-order valence-electron chi connectivity index (χ2n) is 5.97. The van der Waals surface area contributed by atoms with Crippen molar-refractivity contribution in [2.75, 3.05) is 19.7 Å². The topological polar surface area (TPSA) is 70.6 Å². The number of phenols is 1. The van der Waals surface area contributed by atoms with Crippen molar-refractivity contribution in [3.8, 4) is 5.75 Å². The van der Waals surface area contributed by atoms with E-state index in [9.17, 15) is 14.3 Å². The number of benzene rings is 1. The molecule has 1 unspecified atom stereocenters. The Hall–Kier alpha value is -1.37. The number of amides is 1. The molecule has 2 saturated heterocycles. The van der Waals surface area contributed by atoms with E-state index >= 15 is 0 Å². The van der Waals surface area contributed by atoms with E-state index < -0.39 is 17.5 Å². The smallest absolute Gasteiger partial charge is 0.255 e. The average molecular weight is 345 g/mol. The van der Waals surface area contributed by atoms with Crippen molar-refractivity contribution >= 4 is 18.3 Å². The van der Waals surface area contributed by atoms with E-state index in [1.165, 1.54) is 12.1 Å². The maximum atomic E-state index is 13.4. The Morgan fingerprint density at radius 3 is 2.87 bits per heavy atom. The molecule has 128 valence electrons. The summed E-state index contributed by atoms with van der Waals surface area (Å²) in [4.78, 5) is 12.4. The second kappa shape index (κ2) is 7.47. The lowest BCUT2D eigenvalue weighted by atomic mass is 9.80. The third-order valence-electron chi connectivity index (χ3n) is 4.65. The van der Waals surface area contributed by atoms with Crippen LogP contribution in [0.2, 0.25) is 0 Å². The van der Waals surface area contributed by atoms with E-state index in [0.717, 1.165) is 44.8 Å². The fourth-order valence-electron chi connectivity index (χ4n) is 3.41. The van der Waals surface area contributed by atoms with E-state index in [2.05, 4.69) is 10.6 Å². The molecule has 7 heteroatoms. The van der Waals surface area contributed by atoms with E-state index in [-0.39, 0.29) is 29.6 Å². The van der Waals surface area contributed by atoms with Gasteiger partial charge in [0.25, 0.3) is 5.91 Å². The van der Waals surface area contributed by atoms with Crippen LogP contribution >= 0.6 is 12.4 Å². The van der Waals surface area contributed by atoms with Crippen molar-refractivity contribution in [3.05, 3.63) is 29.6 Å². The minimum Gasteiger partial charge on any atom is -0.504 e. The van der Waals surface area contributed by atoms with Crippen molar-refractivity contribution < 1.29 is 19.0 Å². The van der Waals surface area contributed by atoms with E-state index in [1.54, 1.807) is 0 Å². The summed E-state index contributed by atoms with van der Waals surface area (Å²) in [5.41, 5.74) is -0.378. The Morgan fingerprint density at radius 1 is 1.39 bits per heavy atom. The van der Waals surface area contributed by atoms with Gasteiger partial charge in [0, 0.05) is 6.61 Å². The fourth-order valence-corrected chi connectivity index (χ4v) is 3.41. The molecule has 2 aliphatic rings. The third-order valence-corrected chi connectivity index (χ3v) is 4.65. The molecule has 1 atom stereocenters. The first-order valence-electron chi connectivity index (χ1n) is 7.75. The summed E-state index contributed by atoms with van der Waals surface area (Å²) in [5.74, 6) is -1.84. The van der Waals surface area contributed by atoms with Crippen LogP contribution in [-0.4, -0.2) is 42.4 Å². The maximum absolute atomic E-state index is 13.4. The predicted molar refractivity (Wildman–Crippen MR) is 86.6 cm³/mol. The lowest BCUT2D eigenvalue weighted by Gasteiger charge is -2.46. The van der Waals surface area contributed by atoms with Crippen LogP contribution in [0.5, 0.6) is 5.75 Å². The fraction of sp³-hybridized carbons (Fsp3) is 0.562. The normalized spacial score (nSPS) is 23.1. The van der Waals surface area contributed by atoms with Crippen molar-refractivity contribution in [2.45, 2.75) is 37.3 Å². The van der Waals surface area contributed by atoms with Gasteiger partial charge in [-0.1, -0.05) is 6.07 Å². The molecule has 1 amide bonds. The first-order chi connectivity index (χ1) is 10.6. The molecule has 1 aromatic carbocycles. The minimum atomic E-state index is -0.788. The zero-order valence-corrected chi connectivity index (χ0v) is 13.6. The molecule has 2 heterocycles. The van der Waals surface area contributed by atoms with Gasteiger partial charge in [-0.3, -0.25) is 4.79 Å². The number of rotatable bonds is 2. The number of hydrogen-bond acceptors (Lipinski definition) is 4. The lowest BCUT2D eigenvalue weighted by Crippen LogP contribution is -2.60. The van der Waals surface area contributed by atoms with Gasteiger partial charge in [0.05, 0.1) is 17.2 Å². The largest absolute Gasteiger partial charge is 0.504 e.